The van der Waals surface area contributed by atoms with Crippen molar-refractivity contribution in [3.8, 4) is 5.75 Å². The largest absolute Gasteiger partial charge is 0.492 e. The van der Waals surface area contributed by atoms with E-state index in [0.29, 0.717) is 13.2 Å². The van der Waals surface area contributed by atoms with E-state index in [9.17, 15) is 0 Å². The molecule has 0 aromatic heterocycles. The molecule has 1 unspecified atom stereocenters. The first-order valence-electron chi connectivity index (χ1n) is 11.1. The van der Waals surface area contributed by atoms with Crippen LogP contribution in [-0.2, 0) is 4.74 Å². The zero-order chi connectivity index (χ0) is 21.9. The normalized spacial score (nSPS) is 16.5. The molecule has 3 rings (SSSR count). The van der Waals surface area contributed by atoms with Crippen molar-refractivity contribution in [2.24, 2.45) is 4.99 Å². The number of ether oxygens (including phenoxy) is 2. The highest BCUT2D eigenvalue weighted by atomic mass is 127. The minimum atomic E-state index is -0.0382. The lowest BCUT2D eigenvalue weighted by Gasteiger charge is -2.41. The molecule has 1 heterocycles. The van der Waals surface area contributed by atoms with Crippen LogP contribution in [0.3, 0.4) is 0 Å². The topological polar surface area (TPSA) is 66.9 Å². The number of aliphatic imine (C=N–C) groups is 1. The van der Waals surface area contributed by atoms with Gasteiger partial charge in [0.2, 0.25) is 0 Å². The molecular weight excluding hydrogens is 515 g/mol. The van der Waals surface area contributed by atoms with Gasteiger partial charge in [-0.15, -0.1) is 24.0 Å². The molecule has 1 fully saturated rings. The molecule has 1 aliphatic rings. The Morgan fingerprint density at radius 3 is 2.41 bits per heavy atom. The third-order valence-electron chi connectivity index (χ3n) is 5.77. The fraction of sp³-hybridized carbons (Fsp3) is 0.480. The molecule has 1 aliphatic heterocycles. The van der Waals surface area contributed by atoms with Gasteiger partial charge in [0.25, 0.3) is 0 Å². The first-order chi connectivity index (χ1) is 15.1. The van der Waals surface area contributed by atoms with Gasteiger partial charge in [-0.25, -0.2) is 0 Å². The Morgan fingerprint density at radius 2 is 1.75 bits per heavy atom. The number of nitrogens with zero attached hydrogens (tertiary/aromatic N) is 1. The van der Waals surface area contributed by atoms with Crippen LogP contribution in [0.5, 0.6) is 5.75 Å². The molecule has 0 spiro atoms. The second-order valence-electron chi connectivity index (χ2n) is 8.18. The van der Waals surface area contributed by atoms with Gasteiger partial charge in [-0.2, -0.15) is 0 Å². The Labute approximate surface area is 209 Å². The summed E-state index contributed by atoms with van der Waals surface area (Å²) in [6.07, 6.45) is 1.93. The summed E-state index contributed by atoms with van der Waals surface area (Å²) >= 11 is 0. The van der Waals surface area contributed by atoms with E-state index in [1.54, 1.807) is 7.05 Å². The Balaban J connectivity index is 0.00000363. The Bertz CT molecular complexity index is 808. The molecule has 0 saturated carbocycles. The molecule has 0 bridgehead atoms. The monoisotopic (exact) mass is 552 g/mol. The van der Waals surface area contributed by atoms with E-state index in [-0.39, 0.29) is 35.6 Å². The van der Waals surface area contributed by atoms with E-state index >= 15 is 0 Å². The van der Waals surface area contributed by atoms with Crippen molar-refractivity contribution in [2.45, 2.75) is 38.3 Å². The van der Waals surface area contributed by atoms with E-state index in [0.717, 1.165) is 44.3 Å². The number of benzene rings is 2. The molecule has 0 radical (unpaired) electrons. The molecule has 6 nitrogen and oxygen atoms in total. The number of hydrogen-bond acceptors (Lipinski definition) is 4. The van der Waals surface area contributed by atoms with E-state index in [4.69, 9.17) is 9.47 Å². The number of rotatable bonds is 9. The maximum absolute atomic E-state index is 5.80. The zero-order valence-electron chi connectivity index (χ0n) is 19.4. The highest BCUT2D eigenvalue weighted by Crippen LogP contribution is 2.25. The van der Waals surface area contributed by atoms with Crippen LogP contribution in [-0.4, -0.2) is 51.5 Å². The van der Waals surface area contributed by atoms with Crippen LogP contribution < -0.4 is 20.7 Å². The Hall–Kier alpha value is -1.84. The summed E-state index contributed by atoms with van der Waals surface area (Å²) in [6, 6.07) is 19.0. The second kappa shape index (κ2) is 13.6. The molecule has 0 amide bonds. The third kappa shape index (κ3) is 8.26. The second-order valence-corrected chi connectivity index (χ2v) is 8.18. The predicted octanol–water partition coefficient (Wildman–Crippen LogP) is 4.06. The minimum Gasteiger partial charge on any atom is -0.492 e. The lowest BCUT2D eigenvalue weighted by atomic mass is 9.88. The van der Waals surface area contributed by atoms with E-state index in [1.807, 2.05) is 12.1 Å². The lowest BCUT2D eigenvalue weighted by molar-refractivity contribution is 0.0355. The maximum atomic E-state index is 5.80. The van der Waals surface area contributed by atoms with Gasteiger partial charge in [0.05, 0.1) is 6.54 Å². The fourth-order valence-corrected chi connectivity index (χ4v) is 3.86. The van der Waals surface area contributed by atoms with Crippen LogP contribution in [0.4, 0.5) is 0 Å². The summed E-state index contributed by atoms with van der Waals surface area (Å²) in [4.78, 5) is 4.38. The summed E-state index contributed by atoms with van der Waals surface area (Å²) in [6.45, 7) is 7.87. The molecule has 3 N–H and O–H groups in total. The average molecular weight is 553 g/mol. The van der Waals surface area contributed by atoms with Crippen molar-refractivity contribution in [1.29, 1.82) is 0 Å². The smallest absolute Gasteiger partial charge is 0.191 e. The van der Waals surface area contributed by atoms with Gasteiger partial charge in [0.1, 0.15) is 12.4 Å². The third-order valence-corrected chi connectivity index (χ3v) is 5.77. The minimum absolute atomic E-state index is 0. The Kier molecular flexibility index (Phi) is 11.3. The molecule has 1 saturated heterocycles. The maximum Gasteiger partial charge on any atom is 0.191 e. The van der Waals surface area contributed by atoms with Gasteiger partial charge < -0.3 is 25.4 Å². The summed E-state index contributed by atoms with van der Waals surface area (Å²) in [5.41, 5.74) is 2.49. The molecule has 1 atom stereocenters. The number of nitrogens with one attached hydrogen (secondary N) is 3. The molecule has 32 heavy (non-hydrogen) atoms. The van der Waals surface area contributed by atoms with Crippen LogP contribution >= 0.6 is 24.0 Å². The predicted molar refractivity (Wildman–Crippen MR) is 142 cm³/mol. The number of aryl methyl sites for hydroxylation is 1. The quantitative estimate of drug-likeness (QED) is 0.190. The van der Waals surface area contributed by atoms with Gasteiger partial charge >= 0.3 is 0 Å². The SMILES string of the molecule is CN=C(NCCOc1ccc(C)cc1)NCC1(NC(C)c2ccccc2)CCOCC1.I. The summed E-state index contributed by atoms with van der Waals surface area (Å²) in [7, 11) is 1.80. The van der Waals surface area contributed by atoms with Crippen LogP contribution in [0.15, 0.2) is 59.6 Å². The van der Waals surface area contributed by atoms with E-state index < -0.39 is 0 Å². The number of halogens is 1. The number of guanidine groups is 1. The standard InChI is InChI=1S/C25H36N4O2.HI/c1-20-9-11-23(12-10-20)31-18-15-27-24(26-3)28-19-25(13-16-30-17-14-25)29-21(2)22-7-5-4-6-8-22;/h4-12,21,29H,13-19H2,1-3H3,(H2,26,27,28);1H. The van der Waals surface area contributed by atoms with Crippen molar-refractivity contribution < 1.29 is 9.47 Å². The van der Waals surface area contributed by atoms with Gasteiger partial charge in [-0.05, 0) is 44.4 Å². The first-order valence-corrected chi connectivity index (χ1v) is 11.1. The molecular formula is C25H37IN4O2. The van der Waals surface area contributed by atoms with Crippen molar-refractivity contribution in [2.75, 3.05) is 40.0 Å². The first kappa shape index (κ1) is 26.4. The van der Waals surface area contributed by atoms with Crippen molar-refractivity contribution in [1.82, 2.24) is 16.0 Å². The molecule has 2 aromatic rings. The van der Waals surface area contributed by atoms with Gasteiger partial charge in [0.15, 0.2) is 5.96 Å². The van der Waals surface area contributed by atoms with Crippen LogP contribution in [0.2, 0.25) is 0 Å². The van der Waals surface area contributed by atoms with Crippen LogP contribution in [0, 0.1) is 6.92 Å². The number of hydrogen-bond donors (Lipinski definition) is 3. The van der Waals surface area contributed by atoms with Gasteiger partial charge in [-0.1, -0.05) is 48.0 Å². The van der Waals surface area contributed by atoms with Crippen LogP contribution in [0.25, 0.3) is 0 Å². The molecule has 2 aromatic carbocycles. The summed E-state index contributed by atoms with van der Waals surface area (Å²) < 4.78 is 11.4. The summed E-state index contributed by atoms with van der Waals surface area (Å²) in [5, 5.41) is 10.7. The average Bonchev–Trinajstić information content (AvgIpc) is 2.81. The summed E-state index contributed by atoms with van der Waals surface area (Å²) in [5.74, 6) is 1.67. The highest BCUT2D eigenvalue weighted by molar-refractivity contribution is 14.0. The van der Waals surface area contributed by atoms with Crippen LogP contribution in [0.1, 0.15) is 36.9 Å². The van der Waals surface area contributed by atoms with Crippen molar-refractivity contribution in [3.05, 3.63) is 65.7 Å². The molecule has 176 valence electrons. The van der Waals surface area contributed by atoms with Crippen molar-refractivity contribution >= 4 is 29.9 Å². The fourth-order valence-electron chi connectivity index (χ4n) is 3.86. The highest BCUT2D eigenvalue weighted by Gasteiger charge is 2.34. The van der Waals surface area contributed by atoms with E-state index in [2.05, 4.69) is 77.3 Å². The Morgan fingerprint density at radius 1 is 1.06 bits per heavy atom. The van der Waals surface area contributed by atoms with Crippen molar-refractivity contribution in [3.63, 3.8) is 0 Å². The molecule has 7 heteroatoms. The zero-order valence-corrected chi connectivity index (χ0v) is 21.7. The van der Waals surface area contributed by atoms with Gasteiger partial charge in [0, 0.05) is 38.4 Å². The van der Waals surface area contributed by atoms with E-state index in [1.165, 1.54) is 11.1 Å². The van der Waals surface area contributed by atoms with Gasteiger partial charge in [-0.3, -0.25) is 4.99 Å². The lowest BCUT2D eigenvalue weighted by Crippen LogP contribution is -2.58. The molecule has 0 aliphatic carbocycles.